The average Bonchev–Trinajstić information content (AvgIpc) is 2.83. The Morgan fingerprint density at radius 1 is 1.26 bits per heavy atom. The average molecular weight is 608 g/mol. The summed E-state index contributed by atoms with van der Waals surface area (Å²) in [6, 6.07) is 10.0. The van der Waals surface area contributed by atoms with Crippen molar-refractivity contribution in [3.63, 3.8) is 0 Å². The molecule has 0 fully saturated rings. The van der Waals surface area contributed by atoms with Crippen LogP contribution in [0.4, 0.5) is 21.5 Å². The van der Waals surface area contributed by atoms with E-state index in [-0.39, 0.29) is 45.2 Å². The Balaban J connectivity index is 2.15. The fraction of sp³-hybridized carbons (Fsp3) is 0.0870. The number of hydrogen-bond acceptors (Lipinski definition) is 6. The van der Waals surface area contributed by atoms with Crippen LogP contribution in [-0.4, -0.2) is 19.3 Å². The van der Waals surface area contributed by atoms with Crippen LogP contribution in [0.5, 0.6) is 0 Å². The number of non-ortho nitro benzene ring substituents is 1. The Morgan fingerprint density at radius 3 is 2.66 bits per heavy atom. The maximum Gasteiger partial charge on any atom is 0.278 e. The van der Waals surface area contributed by atoms with Crippen LogP contribution in [0.3, 0.4) is 0 Å². The minimum atomic E-state index is -0.665. The van der Waals surface area contributed by atoms with Crippen molar-refractivity contribution < 1.29 is 9.31 Å². The second kappa shape index (κ2) is 9.58. The largest absolute Gasteiger partial charge is 0.351 e. The molecule has 0 atom stereocenters. The summed E-state index contributed by atoms with van der Waals surface area (Å²) in [4.78, 5) is 37.3. The van der Waals surface area contributed by atoms with E-state index in [2.05, 4.69) is 17.0 Å². The predicted octanol–water partition coefficient (Wildman–Crippen LogP) is 5.00. The molecule has 0 amide bonds. The molecule has 0 spiro atoms. The highest BCUT2D eigenvalue weighted by Gasteiger charge is 2.24. The molecule has 2 aromatic heterocycles. The summed E-state index contributed by atoms with van der Waals surface area (Å²) in [5.41, 5.74) is -1.05. The van der Waals surface area contributed by atoms with Gasteiger partial charge in [0.1, 0.15) is 16.5 Å². The van der Waals surface area contributed by atoms with Gasteiger partial charge in [0.15, 0.2) is 0 Å². The summed E-state index contributed by atoms with van der Waals surface area (Å²) >= 11 is 8.33. The van der Waals surface area contributed by atoms with Crippen LogP contribution in [-0.2, 0) is 13.6 Å². The van der Waals surface area contributed by atoms with Crippen LogP contribution in [0.2, 0.25) is 5.02 Å². The molecule has 0 saturated carbocycles. The number of nitro groups is 1. The molecule has 0 aliphatic heterocycles. The summed E-state index contributed by atoms with van der Waals surface area (Å²) in [6.07, 6.45) is 1.45. The third kappa shape index (κ3) is 4.44. The van der Waals surface area contributed by atoms with Crippen molar-refractivity contribution in [1.82, 2.24) is 14.3 Å². The van der Waals surface area contributed by atoms with Gasteiger partial charge in [0.25, 0.3) is 16.8 Å². The van der Waals surface area contributed by atoms with Gasteiger partial charge in [-0.2, -0.15) is 5.10 Å². The molecule has 0 aliphatic rings. The summed E-state index contributed by atoms with van der Waals surface area (Å²) < 4.78 is 17.5. The fourth-order valence-corrected chi connectivity index (χ4v) is 4.35. The normalized spacial score (nSPS) is 11.0. The van der Waals surface area contributed by atoms with E-state index in [0.717, 1.165) is 9.25 Å². The first-order valence-electron chi connectivity index (χ1n) is 10.0. The first-order valence-corrected chi connectivity index (χ1v) is 11.5. The summed E-state index contributed by atoms with van der Waals surface area (Å²) in [5, 5.41) is 18.2. The van der Waals surface area contributed by atoms with Crippen molar-refractivity contribution in [2.75, 3.05) is 5.32 Å². The standard InChI is InChI=1S/C23H16ClFIN5O4/c1-3-9-30-22(32)17-20(27-16-8-7-13(26)11-15(16)25)18(24)23(33)29(2)21(17)19(28-30)12-5-4-6-14(10-12)31(34)35/h3-8,10-11,27H,1,9H2,2H3. The van der Waals surface area contributed by atoms with Crippen LogP contribution in [0, 0.1) is 19.5 Å². The van der Waals surface area contributed by atoms with Gasteiger partial charge in [-0.25, -0.2) is 9.07 Å². The van der Waals surface area contributed by atoms with E-state index in [4.69, 9.17) is 11.6 Å². The van der Waals surface area contributed by atoms with Gasteiger partial charge in [-0.3, -0.25) is 19.7 Å². The van der Waals surface area contributed by atoms with Gasteiger partial charge in [-0.1, -0.05) is 29.8 Å². The second-order valence-corrected chi connectivity index (χ2v) is 9.08. The number of aromatic nitrogens is 3. The zero-order chi connectivity index (χ0) is 25.4. The molecular formula is C23H16ClFIN5O4. The number of halogens is 3. The lowest BCUT2D eigenvalue weighted by Crippen LogP contribution is -2.29. The van der Waals surface area contributed by atoms with Gasteiger partial charge in [0, 0.05) is 28.3 Å². The van der Waals surface area contributed by atoms with Gasteiger partial charge < -0.3 is 9.88 Å². The molecule has 35 heavy (non-hydrogen) atoms. The first-order chi connectivity index (χ1) is 16.6. The van der Waals surface area contributed by atoms with Crippen LogP contribution >= 0.6 is 34.2 Å². The van der Waals surface area contributed by atoms with Crippen molar-refractivity contribution in [1.29, 1.82) is 0 Å². The molecule has 2 heterocycles. The van der Waals surface area contributed by atoms with E-state index in [1.807, 2.05) is 22.6 Å². The van der Waals surface area contributed by atoms with E-state index in [1.165, 1.54) is 43.5 Å². The number of allylic oxidation sites excluding steroid dienone is 1. The quantitative estimate of drug-likeness (QED) is 0.143. The highest BCUT2D eigenvalue weighted by Crippen LogP contribution is 2.34. The maximum atomic E-state index is 14.6. The molecule has 0 bridgehead atoms. The zero-order valence-corrected chi connectivity index (χ0v) is 21.0. The van der Waals surface area contributed by atoms with Gasteiger partial charge in [-0.15, -0.1) is 6.58 Å². The minimum Gasteiger partial charge on any atom is -0.351 e. The first kappa shape index (κ1) is 24.5. The Kier molecular flexibility index (Phi) is 6.72. The van der Waals surface area contributed by atoms with Crippen LogP contribution in [0.1, 0.15) is 0 Å². The fourth-order valence-electron chi connectivity index (χ4n) is 3.63. The smallest absolute Gasteiger partial charge is 0.278 e. The highest BCUT2D eigenvalue weighted by molar-refractivity contribution is 14.1. The third-order valence-corrected chi connectivity index (χ3v) is 6.27. The van der Waals surface area contributed by atoms with E-state index < -0.39 is 21.9 Å². The molecular weight excluding hydrogens is 592 g/mol. The van der Waals surface area contributed by atoms with E-state index >= 15 is 0 Å². The molecule has 1 N–H and O–H groups in total. The van der Waals surface area contributed by atoms with Gasteiger partial charge in [-0.05, 0) is 40.8 Å². The Morgan fingerprint density at radius 2 is 2.00 bits per heavy atom. The molecule has 178 valence electrons. The van der Waals surface area contributed by atoms with E-state index in [0.29, 0.717) is 9.13 Å². The summed E-state index contributed by atoms with van der Waals surface area (Å²) in [5.74, 6) is -0.610. The van der Waals surface area contributed by atoms with Gasteiger partial charge in [0.2, 0.25) is 0 Å². The summed E-state index contributed by atoms with van der Waals surface area (Å²) in [6.45, 7) is 3.65. The number of nitrogens with zero attached hydrogens (tertiary/aromatic N) is 4. The Hall–Kier alpha value is -3.58. The third-order valence-electron chi connectivity index (χ3n) is 5.25. The molecule has 0 unspecified atom stereocenters. The van der Waals surface area contributed by atoms with E-state index in [9.17, 15) is 24.1 Å². The van der Waals surface area contributed by atoms with Crippen molar-refractivity contribution in [2.45, 2.75) is 6.54 Å². The lowest BCUT2D eigenvalue weighted by molar-refractivity contribution is -0.384. The zero-order valence-electron chi connectivity index (χ0n) is 18.1. The number of anilines is 2. The van der Waals surface area contributed by atoms with Crippen molar-refractivity contribution in [2.24, 2.45) is 7.05 Å². The highest BCUT2D eigenvalue weighted by atomic mass is 127. The van der Waals surface area contributed by atoms with Crippen molar-refractivity contribution >= 4 is 62.2 Å². The number of nitro benzene ring substituents is 1. The lowest BCUT2D eigenvalue weighted by Gasteiger charge is -2.18. The molecule has 9 nitrogen and oxygen atoms in total. The Labute approximate surface area is 215 Å². The second-order valence-electron chi connectivity index (χ2n) is 7.46. The minimum absolute atomic E-state index is 0.00486. The topological polar surface area (TPSA) is 112 Å². The number of aryl methyl sites for hydroxylation is 1. The van der Waals surface area contributed by atoms with Crippen LogP contribution < -0.4 is 16.4 Å². The summed E-state index contributed by atoms with van der Waals surface area (Å²) in [7, 11) is 1.41. The number of nitrogens with one attached hydrogen (secondary N) is 1. The van der Waals surface area contributed by atoms with E-state index in [1.54, 1.807) is 12.1 Å². The monoisotopic (exact) mass is 607 g/mol. The SMILES string of the molecule is C=CCn1nc(-c2cccc([N+](=O)[O-])c2)c2c(c(Nc3ccc(I)cc3F)c(Cl)c(=O)n2C)c1=O. The van der Waals surface area contributed by atoms with Crippen molar-refractivity contribution in [3.05, 3.63) is 100 Å². The number of hydrogen-bond donors (Lipinski definition) is 1. The van der Waals surface area contributed by atoms with Gasteiger partial charge >= 0.3 is 0 Å². The number of rotatable bonds is 6. The van der Waals surface area contributed by atoms with Gasteiger partial charge in [0.05, 0.1) is 33.7 Å². The van der Waals surface area contributed by atoms with Crippen LogP contribution in [0.25, 0.3) is 22.2 Å². The van der Waals surface area contributed by atoms with Crippen LogP contribution in [0.15, 0.2) is 64.7 Å². The molecule has 2 aromatic carbocycles. The lowest BCUT2D eigenvalue weighted by atomic mass is 10.1. The molecule has 0 radical (unpaired) electrons. The number of pyridine rings is 1. The molecule has 4 rings (SSSR count). The molecule has 0 aliphatic carbocycles. The number of benzene rings is 2. The number of fused-ring (bicyclic) bond motifs is 1. The molecule has 12 heteroatoms. The van der Waals surface area contributed by atoms with Crippen molar-refractivity contribution in [3.8, 4) is 11.3 Å². The predicted molar refractivity (Wildman–Crippen MR) is 141 cm³/mol. The molecule has 0 saturated heterocycles. The Bertz CT molecular complexity index is 1650. The maximum absolute atomic E-state index is 14.6. The molecule has 4 aromatic rings.